The lowest BCUT2D eigenvalue weighted by Crippen LogP contribution is -2.11. The Morgan fingerprint density at radius 2 is 2.57 bits per heavy atom. The minimum Gasteiger partial charge on any atom is -0.333 e. The molecule has 0 atom stereocenters. The number of primary amides is 1. The Hall–Kier alpha value is -0.770. The molecule has 0 aromatic rings. The SMILES string of the molecule is C.[3H]NC(=O)OOC. The molecule has 0 unspecified atom stereocenters. The van der Waals surface area contributed by atoms with Gasteiger partial charge in [0.05, 0.1) is 7.11 Å². The zero-order chi connectivity index (χ0) is 5.70. The first-order chi connectivity index (χ1) is 3.31. The van der Waals surface area contributed by atoms with Crippen LogP contribution in [0.1, 0.15) is 7.43 Å². The van der Waals surface area contributed by atoms with E-state index in [9.17, 15) is 4.79 Å². The van der Waals surface area contributed by atoms with Crippen molar-refractivity contribution in [1.29, 1.82) is 0 Å². The van der Waals surface area contributed by atoms with Gasteiger partial charge in [-0.15, -0.1) is 0 Å². The van der Waals surface area contributed by atoms with Crippen LogP contribution in [0.3, 0.4) is 0 Å². The highest BCUT2D eigenvalue weighted by Crippen LogP contribution is 1.66. The van der Waals surface area contributed by atoms with Crippen LogP contribution in [0.5, 0.6) is 0 Å². The zero-order valence-electron chi connectivity index (χ0n) is 4.22. The van der Waals surface area contributed by atoms with Crippen molar-refractivity contribution in [1.82, 2.24) is 0 Å². The zero-order valence-corrected chi connectivity index (χ0v) is 3.22. The van der Waals surface area contributed by atoms with E-state index in [2.05, 4.69) is 9.78 Å². The van der Waals surface area contributed by atoms with Gasteiger partial charge in [0, 0.05) is 0 Å². The second kappa shape index (κ2) is 5.23. The Kier molecular flexibility index (Phi) is 4.65. The average molecular weight is 109 g/mol. The van der Waals surface area contributed by atoms with Gasteiger partial charge in [0.15, 0.2) is 1.41 Å². The molecule has 0 aliphatic rings. The van der Waals surface area contributed by atoms with Crippen LogP contribution in [0.2, 0.25) is 1.41 Å². The van der Waals surface area contributed by atoms with Crippen LogP contribution in [0.4, 0.5) is 4.79 Å². The van der Waals surface area contributed by atoms with Gasteiger partial charge in [0.1, 0.15) is 0 Å². The molecule has 0 bridgehead atoms. The minimum absolute atomic E-state index is 0. The van der Waals surface area contributed by atoms with Gasteiger partial charge in [-0.3, -0.25) is 4.89 Å². The number of amides is 1. The van der Waals surface area contributed by atoms with Crippen molar-refractivity contribution in [2.45, 2.75) is 7.43 Å². The third-order valence-electron chi connectivity index (χ3n) is 0.159. The third-order valence-corrected chi connectivity index (χ3v) is 0.159. The monoisotopic (exact) mass is 109 g/mol. The van der Waals surface area contributed by atoms with E-state index in [0.29, 0.717) is 0 Å². The van der Waals surface area contributed by atoms with Crippen LogP contribution < -0.4 is 5.73 Å². The van der Waals surface area contributed by atoms with Crippen molar-refractivity contribution in [3.05, 3.63) is 0 Å². The summed E-state index contributed by atoms with van der Waals surface area (Å²) in [6.45, 7) is 0. The van der Waals surface area contributed by atoms with Crippen molar-refractivity contribution in [2.24, 2.45) is 5.73 Å². The summed E-state index contributed by atoms with van der Waals surface area (Å²) in [6, 6.07) is 0. The van der Waals surface area contributed by atoms with Crippen LogP contribution in [-0.4, -0.2) is 13.2 Å². The molecule has 4 heteroatoms. The molecular weight excluding hydrogens is 98.0 g/mol. The standard InChI is InChI=1S/C2H5NO3.CH4/c1-5-6-2(3)4;/h1H3,(H2,3,4);1H4/i/hT. The molecule has 0 aromatic carbocycles. The van der Waals surface area contributed by atoms with Crippen LogP contribution in [0.15, 0.2) is 0 Å². The predicted octanol–water partition coefficient (Wildman–Crippen LogP) is 0.279. The molecule has 0 spiro atoms. The van der Waals surface area contributed by atoms with Crippen molar-refractivity contribution in [3.8, 4) is 0 Å². The predicted molar refractivity (Wildman–Crippen MR) is 24.4 cm³/mol. The van der Waals surface area contributed by atoms with Gasteiger partial charge in [-0.2, -0.15) is 4.89 Å². The first kappa shape index (κ1) is 6.23. The Bertz CT molecular complexity index is 67.5. The third kappa shape index (κ3) is 11.0. The van der Waals surface area contributed by atoms with Crippen LogP contribution in [-0.2, 0) is 9.78 Å². The summed E-state index contributed by atoms with van der Waals surface area (Å²) < 4.78 is 6.11. The van der Waals surface area contributed by atoms with E-state index in [-0.39, 0.29) is 7.43 Å². The summed E-state index contributed by atoms with van der Waals surface area (Å²) in [6.07, 6.45) is -0.928. The lowest BCUT2D eigenvalue weighted by atomic mass is 11.3. The van der Waals surface area contributed by atoms with Crippen molar-refractivity contribution < 1.29 is 16.0 Å². The fraction of sp³-hybridized carbons (Fsp3) is 0.667. The maximum atomic E-state index is 9.77. The van der Waals surface area contributed by atoms with Crippen LogP contribution in [0.25, 0.3) is 0 Å². The first-order valence-electron chi connectivity index (χ1n) is 1.73. The molecule has 7 heavy (non-hydrogen) atoms. The van der Waals surface area contributed by atoms with E-state index < -0.39 is 6.09 Å². The topological polar surface area (TPSA) is 61.6 Å². The van der Waals surface area contributed by atoms with Gasteiger partial charge in [0.2, 0.25) is 0 Å². The molecule has 0 aliphatic heterocycles. The highest BCUT2D eigenvalue weighted by Gasteiger charge is 1.84. The summed E-state index contributed by atoms with van der Waals surface area (Å²) in [5, 5.41) is 0. The summed E-state index contributed by atoms with van der Waals surface area (Å²) in [7, 11) is 1.18. The molecule has 1 amide bonds. The molecule has 0 saturated carbocycles. The molecule has 2 N–H and O–H groups in total. The van der Waals surface area contributed by atoms with E-state index in [0.717, 1.165) is 0 Å². The molecular formula is C3H9NO3. The fourth-order valence-electron chi connectivity index (χ4n) is 0.0757. The van der Waals surface area contributed by atoms with E-state index in [1.54, 1.807) is 0 Å². The highest BCUT2D eigenvalue weighted by atomic mass is 17.2. The van der Waals surface area contributed by atoms with Gasteiger partial charge in [-0.05, 0) is 0 Å². The molecule has 44 valence electrons. The Morgan fingerprint density at radius 1 is 2.00 bits per heavy atom. The van der Waals surface area contributed by atoms with E-state index in [1.807, 2.05) is 0 Å². The maximum absolute atomic E-state index is 9.77. The van der Waals surface area contributed by atoms with Gasteiger partial charge in [0.25, 0.3) is 0 Å². The normalized spacial score (nSPS) is 7.86. The van der Waals surface area contributed by atoms with Crippen molar-refractivity contribution in [2.75, 3.05) is 7.11 Å². The Morgan fingerprint density at radius 3 is 2.71 bits per heavy atom. The largest absolute Gasteiger partial charge is 0.436 e. The average Bonchev–Trinajstić information content (AvgIpc) is 1.68. The summed E-state index contributed by atoms with van der Waals surface area (Å²) >= 11 is 0. The van der Waals surface area contributed by atoms with Crippen molar-refractivity contribution in [3.63, 3.8) is 0 Å². The molecule has 0 fully saturated rings. The number of hydrogen-bond acceptors (Lipinski definition) is 3. The lowest BCUT2D eigenvalue weighted by Gasteiger charge is -1.87. The van der Waals surface area contributed by atoms with Crippen molar-refractivity contribution >= 4 is 6.09 Å². The number of nitrogens with two attached hydrogens (primary N) is 1. The number of carbonyl (C=O) groups excluding carboxylic acids is 1. The van der Waals surface area contributed by atoms with Gasteiger partial charge in [-0.25, -0.2) is 4.79 Å². The highest BCUT2D eigenvalue weighted by molar-refractivity contribution is 5.63. The molecule has 0 rings (SSSR count). The maximum Gasteiger partial charge on any atom is 0.436 e. The van der Waals surface area contributed by atoms with E-state index >= 15 is 0 Å². The Balaban J connectivity index is 0. The molecule has 0 aromatic heterocycles. The van der Waals surface area contributed by atoms with Gasteiger partial charge >= 0.3 is 6.09 Å². The second-order valence-electron chi connectivity index (χ2n) is 0.537. The van der Waals surface area contributed by atoms with E-state index in [4.69, 9.17) is 1.41 Å². The summed E-state index contributed by atoms with van der Waals surface area (Å²) in [5.74, 6) is 0. The van der Waals surface area contributed by atoms with E-state index in [1.165, 1.54) is 12.8 Å². The quantitative estimate of drug-likeness (QED) is 0.388. The van der Waals surface area contributed by atoms with Gasteiger partial charge < -0.3 is 5.73 Å². The first-order valence-corrected chi connectivity index (χ1v) is 1.23. The molecule has 0 heterocycles. The smallest absolute Gasteiger partial charge is 0.333 e. The minimum atomic E-state index is -0.928. The molecule has 0 saturated heterocycles. The van der Waals surface area contributed by atoms with Crippen LogP contribution >= 0.6 is 0 Å². The lowest BCUT2D eigenvalue weighted by molar-refractivity contribution is -0.210. The summed E-state index contributed by atoms with van der Waals surface area (Å²) in [5.41, 5.74) is 1.43. The number of rotatable bonds is 1. The van der Waals surface area contributed by atoms with Crippen LogP contribution in [0, 0.1) is 0 Å². The number of carbonyl (C=O) groups is 1. The Labute approximate surface area is 43.6 Å². The summed E-state index contributed by atoms with van der Waals surface area (Å²) in [4.78, 5) is 17.4. The molecule has 0 radical (unpaired) electrons. The molecule has 4 nitrogen and oxygen atoms in total. The second-order valence-corrected chi connectivity index (χ2v) is 0.537. The molecule has 0 aliphatic carbocycles. The van der Waals surface area contributed by atoms with Gasteiger partial charge in [-0.1, -0.05) is 7.43 Å². The number of hydrogen-bond donors (Lipinski definition) is 1. The fourth-order valence-corrected chi connectivity index (χ4v) is 0.0757.